The van der Waals surface area contributed by atoms with Crippen LogP contribution in [0.1, 0.15) is 5.56 Å². The van der Waals surface area contributed by atoms with E-state index >= 15 is 0 Å². The molecule has 0 atom stereocenters. The first-order chi connectivity index (χ1) is 15.5. The molecule has 0 spiro atoms. The Morgan fingerprint density at radius 1 is 1.00 bits per heavy atom. The van der Waals surface area contributed by atoms with Crippen LogP contribution in [0.2, 0.25) is 0 Å². The Kier molecular flexibility index (Phi) is 6.00. The predicted molar refractivity (Wildman–Crippen MR) is 114 cm³/mol. The molecule has 164 valence electrons. The van der Waals surface area contributed by atoms with Crippen molar-refractivity contribution in [3.63, 3.8) is 0 Å². The fourth-order valence-corrected chi connectivity index (χ4v) is 3.31. The van der Waals surface area contributed by atoms with Crippen LogP contribution in [0.5, 0.6) is 0 Å². The second kappa shape index (κ2) is 9.03. The van der Waals surface area contributed by atoms with Crippen molar-refractivity contribution in [1.29, 1.82) is 0 Å². The zero-order valence-corrected chi connectivity index (χ0v) is 17.8. The maximum Gasteiger partial charge on any atom is 0.355 e. The van der Waals surface area contributed by atoms with E-state index in [-0.39, 0.29) is 24.6 Å². The molecular formula is C23H21N3O6. The molecule has 9 heteroatoms. The summed E-state index contributed by atoms with van der Waals surface area (Å²) in [7, 11) is 2.49. The molecule has 9 nitrogen and oxygen atoms in total. The van der Waals surface area contributed by atoms with E-state index in [2.05, 4.69) is 10.1 Å². The van der Waals surface area contributed by atoms with Crippen LogP contribution < -0.4 is 4.90 Å². The van der Waals surface area contributed by atoms with E-state index in [1.165, 1.54) is 14.2 Å². The number of aryl methyl sites for hydroxylation is 1. The Labute approximate surface area is 184 Å². The lowest BCUT2D eigenvalue weighted by molar-refractivity contribution is -0.140. The number of nitrogens with zero attached hydrogens (tertiary/aromatic N) is 3. The number of carbonyl (C=O) groups is 2. The summed E-state index contributed by atoms with van der Waals surface area (Å²) in [6, 6.07) is 14.9. The smallest absolute Gasteiger partial charge is 0.355 e. The van der Waals surface area contributed by atoms with Crippen LogP contribution in [0.4, 0.5) is 5.69 Å². The summed E-state index contributed by atoms with van der Waals surface area (Å²) in [5.74, 6) is -0.545. The molecule has 0 saturated heterocycles. The van der Waals surface area contributed by atoms with Crippen LogP contribution in [-0.4, -0.2) is 49.6 Å². The van der Waals surface area contributed by atoms with Gasteiger partial charge in [-0.25, -0.2) is 9.59 Å². The minimum atomic E-state index is -0.668. The molecule has 3 aromatic rings. The highest BCUT2D eigenvalue weighted by atomic mass is 16.5. The highest BCUT2D eigenvalue weighted by molar-refractivity contribution is 6.03. The van der Waals surface area contributed by atoms with Crippen molar-refractivity contribution in [2.45, 2.75) is 6.92 Å². The Morgan fingerprint density at radius 2 is 1.75 bits per heavy atom. The Bertz CT molecular complexity index is 1180. The first-order valence-electron chi connectivity index (χ1n) is 9.78. The molecule has 0 fully saturated rings. The molecule has 2 heterocycles. The van der Waals surface area contributed by atoms with Gasteiger partial charge in [-0.15, -0.1) is 0 Å². The lowest BCUT2D eigenvalue weighted by Gasteiger charge is -2.31. The van der Waals surface area contributed by atoms with Crippen LogP contribution in [0.15, 0.2) is 64.3 Å². The minimum Gasteiger partial charge on any atom is -0.466 e. The highest BCUT2D eigenvalue weighted by Crippen LogP contribution is 2.30. The normalized spacial score (nSPS) is 13.8. The second-order valence-electron chi connectivity index (χ2n) is 7.06. The Morgan fingerprint density at radius 3 is 2.47 bits per heavy atom. The molecule has 32 heavy (non-hydrogen) atoms. The highest BCUT2D eigenvalue weighted by Gasteiger charge is 2.32. The Balaban J connectivity index is 1.70. The Hall–Kier alpha value is -3.98. The third-order valence-corrected chi connectivity index (χ3v) is 4.97. The third kappa shape index (κ3) is 4.10. The number of benzene rings is 2. The summed E-state index contributed by atoms with van der Waals surface area (Å²) >= 11 is 0. The molecule has 0 amide bonds. The van der Waals surface area contributed by atoms with E-state index in [1.54, 1.807) is 23.1 Å². The van der Waals surface area contributed by atoms with E-state index in [4.69, 9.17) is 18.7 Å². The SMILES string of the molecule is COC(=O)C1=C(C(=O)OC)N(c2cccc(-c3nc(-c4ccc(C)cc4)no3)c2)COC1. The molecule has 1 aromatic heterocycles. The number of hydrogen-bond acceptors (Lipinski definition) is 9. The molecule has 1 aliphatic rings. The standard InChI is InChI=1S/C23H21N3O6/c1-14-7-9-15(10-8-14)20-24-21(32-25-20)16-5-4-6-17(11-16)26-13-31-12-18(22(27)29-2)19(26)23(28)30-3/h4-11H,12-13H2,1-3H3. The molecule has 1 aliphatic heterocycles. The number of hydrogen-bond donors (Lipinski definition) is 0. The zero-order chi connectivity index (χ0) is 22.7. The summed E-state index contributed by atoms with van der Waals surface area (Å²) in [5.41, 5.74) is 3.34. The second-order valence-corrected chi connectivity index (χ2v) is 7.06. The minimum absolute atomic E-state index is 0.0484. The summed E-state index contributed by atoms with van der Waals surface area (Å²) in [5, 5.41) is 4.07. The van der Waals surface area contributed by atoms with Crippen molar-refractivity contribution in [2.75, 3.05) is 32.5 Å². The van der Waals surface area contributed by atoms with Gasteiger partial charge in [-0.2, -0.15) is 4.98 Å². The van der Waals surface area contributed by atoms with Gasteiger partial charge in [0.05, 0.1) is 26.4 Å². The van der Waals surface area contributed by atoms with Crippen LogP contribution in [-0.2, 0) is 23.8 Å². The topological polar surface area (TPSA) is 104 Å². The van der Waals surface area contributed by atoms with E-state index in [0.717, 1.165) is 11.1 Å². The summed E-state index contributed by atoms with van der Waals surface area (Å²) in [4.78, 5) is 30.7. The van der Waals surface area contributed by atoms with E-state index in [9.17, 15) is 9.59 Å². The summed E-state index contributed by atoms with van der Waals surface area (Å²) in [6.45, 7) is 1.99. The van der Waals surface area contributed by atoms with Crippen LogP contribution in [0, 0.1) is 6.92 Å². The van der Waals surface area contributed by atoms with Gasteiger partial charge in [0.2, 0.25) is 5.82 Å². The average Bonchev–Trinajstić information content (AvgIpc) is 3.33. The van der Waals surface area contributed by atoms with Gasteiger partial charge in [-0.3, -0.25) is 0 Å². The number of ether oxygens (including phenoxy) is 3. The molecule has 0 aliphatic carbocycles. The lowest BCUT2D eigenvalue weighted by Crippen LogP contribution is -2.38. The fraction of sp³-hybridized carbons (Fsp3) is 0.217. The maximum absolute atomic E-state index is 12.5. The van der Waals surface area contributed by atoms with E-state index in [1.807, 2.05) is 37.3 Å². The van der Waals surface area contributed by atoms with Gasteiger partial charge in [-0.1, -0.05) is 41.1 Å². The average molecular weight is 435 g/mol. The molecule has 4 rings (SSSR count). The fourth-order valence-electron chi connectivity index (χ4n) is 3.31. The molecule has 0 bridgehead atoms. The number of carbonyl (C=O) groups excluding carboxylic acids is 2. The van der Waals surface area contributed by atoms with Gasteiger partial charge in [-0.05, 0) is 25.1 Å². The van der Waals surface area contributed by atoms with Crippen molar-refractivity contribution in [2.24, 2.45) is 0 Å². The first kappa shape index (κ1) is 21.3. The zero-order valence-electron chi connectivity index (χ0n) is 17.8. The molecule has 0 N–H and O–H groups in total. The summed E-state index contributed by atoms with van der Waals surface area (Å²) in [6.07, 6.45) is 0. The van der Waals surface area contributed by atoms with Crippen molar-refractivity contribution in [3.05, 3.63) is 65.4 Å². The third-order valence-electron chi connectivity index (χ3n) is 4.97. The molecular weight excluding hydrogens is 414 g/mol. The lowest BCUT2D eigenvalue weighted by atomic mass is 10.1. The van der Waals surface area contributed by atoms with E-state index in [0.29, 0.717) is 23.0 Å². The van der Waals surface area contributed by atoms with Crippen molar-refractivity contribution >= 4 is 17.6 Å². The van der Waals surface area contributed by atoms with Crippen molar-refractivity contribution < 1.29 is 28.3 Å². The molecule has 0 saturated carbocycles. The number of aromatic nitrogens is 2. The predicted octanol–water partition coefficient (Wildman–Crippen LogP) is 3.11. The summed E-state index contributed by atoms with van der Waals surface area (Å²) < 4.78 is 20.7. The van der Waals surface area contributed by atoms with E-state index < -0.39 is 11.9 Å². The number of esters is 2. The van der Waals surface area contributed by atoms with Crippen LogP contribution >= 0.6 is 0 Å². The number of methoxy groups -OCH3 is 2. The van der Waals surface area contributed by atoms with Gasteiger partial charge < -0.3 is 23.6 Å². The molecule has 0 unspecified atom stereocenters. The van der Waals surface area contributed by atoms with Gasteiger partial charge in [0, 0.05) is 16.8 Å². The quantitative estimate of drug-likeness (QED) is 0.559. The van der Waals surface area contributed by atoms with Crippen LogP contribution in [0.3, 0.4) is 0 Å². The number of rotatable bonds is 5. The largest absolute Gasteiger partial charge is 0.466 e. The van der Waals surface area contributed by atoms with Crippen molar-refractivity contribution in [1.82, 2.24) is 10.1 Å². The number of anilines is 1. The first-order valence-corrected chi connectivity index (χ1v) is 9.78. The van der Waals surface area contributed by atoms with Gasteiger partial charge in [0.15, 0.2) is 0 Å². The van der Waals surface area contributed by atoms with Crippen molar-refractivity contribution in [3.8, 4) is 22.8 Å². The van der Waals surface area contributed by atoms with Gasteiger partial charge >= 0.3 is 11.9 Å². The van der Waals surface area contributed by atoms with Crippen LogP contribution in [0.25, 0.3) is 22.8 Å². The van der Waals surface area contributed by atoms with Gasteiger partial charge in [0.25, 0.3) is 5.89 Å². The molecule has 2 aromatic carbocycles. The monoisotopic (exact) mass is 435 g/mol. The maximum atomic E-state index is 12.5. The van der Waals surface area contributed by atoms with Gasteiger partial charge in [0.1, 0.15) is 12.4 Å². The molecule has 0 radical (unpaired) electrons.